The molecule has 0 bridgehead atoms. The van der Waals surface area contributed by atoms with Gasteiger partial charge in [0.1, 0.15) is 6.61 Å². The highest BCUT2D eigenvalue weighted by Crippen LogP contribution is 2.01. The van der Waals surface area contributed by atoms with Crippen LogP contribution in [0.1, 0.15) is 12.0 Å². The molecule has 18 heavy (non-hydrogen) atoms. The fourth-order valence-electron chi connectivity index (χ4n) is 1.17. The fraction of sp³-hybridized carbons (Fsp3) is 0.333. The SMILES string of the molecule is O=C(NCCC(=O)C(F)F)OCc1ccccc1. The maximum atomic E-state index is 11.8. The van der Waals surface area contributed by atoms with E-state index >= 15 is 0 Å². The Labute approximate surface area is 103 Å². The number of carbonyl (C=O) groups is 2. The molecule has 0 atom stereocenters. The molecule has 6 heteroatoms. The van der Waals surface area contributed by atoms with Crippen LogP contribution in [-0.2, 0) is 16.1 Å². The highest BCUT2D eigenvalue weighted by Gasteiger charge is 2.14. The van der Waals surface area contributed by atoms with E-state index in [9.17, 15) is 18.4 Å². The van der Waals surface area contributed by atoms with Crippen LogP contribution in [0.3, 0.4) is 0 Å². The van der Waals surface area contributed by atoms with Crippen molar-refractivity contribution >= 4 is 11.9 Å². The third-order valence-corrected chi connectivity index (χ3v) is 2.10. The van der Waals surface area contributed by atoms with Crippen LogP contribution in [0, 0.1) is 0 Å². The van der Waals surface area contributed by atoms with Crippen molar-refractivity contribution in [2.24, 2.45) is 0 Å². The van der Waals surface area contributed by atoms with Gasteiger partial charge in [-0.05, 0) is 5.56 Å². The fourth-order valence-corrected chi connectivity index (χ4v) is 1.17. The number of halogens is 2. The summed E-state index contributed by atoms with van der Waals surface area (Å²) in [6, 6.07) is 9.01. The number of ketones is 1. The first-order chi connectivity index (χ1) is 8.59. The highest BCUT2D eigenvalue weighted by atomic mass is 19.3. The molecular formula is C12H13F2NO3. The molecule has 0 spiro atoms. The topological polar surface area (TPSA) is 55.4 Å². The molecule has 0 fully saturated rings. The molecule has 0 unspecified atom stereocenters. The monoisotopic (exact) mass is 257 g/mol. The number of hydrogen-bond acceptors (Lipinski definition) is 3. The summed E-state index contributed by atoms with van der Waals surface area (Å²) in [5.41, 5.74) is 0.816. The van der Waals surface area contributed by atoms with Crippen molar-refractivity contribution in [3.63, 3.8) is 0 Å². The minimum Gasteiger partial charge on any atom is -0.445 e. The van der Waals surface area contributed by atoms with Gasteiger partial charge in [-0.15, -0.1) is 0 Å². The third-order valence-electron chi connectivity index (χ3n) is 2.10. The van der Waals surface area contributed by atoms with Crippen LogP contribution in [0.4, 0.5) is 13.6 Å². The number of alkyl halides is 2. The average Bonchev–Trinajstić information content (AvgIpc) is 2.37. The Morgan fingerprint density at radius 1 is 1.22 bits per heavy atom. The molecule has 0 aliphatic carbocycles. The normalized spacial score (nSPS) is 10.2. The van der Waals surface area contributed by atoms with E-state index in [2.05, 4.69) is 5.32 Å². The highest BCUT2D eigenvalue weighted by molar-refractivity contribution is 5.82. The molecule has 1 amide bonds. The van der Waals surface area contributed by atoms with Crippen LogP contribution >= 0.6 is 0 Å². The summed E-state index contributed by atoms with van der Waals surface area (Å²) in [5, 5.41) is 2.22. The zero-order valence-electron chi connectivity index (χ0n) is 9.57. The zero-order valence-corrected chi connectivity index (χ0v) is 9.57. The van der Waals surface area contributed by atoms with Crippen LogP contribution in [0.5, 0.6) is 0 Å². The van der Waals surface area contributed by atoms with Crippen LogP contribution in [-0.4, -0.2) is 24.8 Å². The van der Waals surface area contributed by atoms with Gasteiger partial charge in [0.25, 0.3) is 6.43 Å². The number of benzene rings is 1. The van der Waals surface area contributed by atoms with Crippen molar-refractivity contribution in [3.8, 4) is 0 Å². The van der Waals surface area contributed by atoms with Gasteiger partial charge in [0.15, 0.2) is 0 Å². The Kier molecular flexibility index (Phi) is 5.76. The largest absolute Gasteiger partial charge is 0.445 e. The summed E-state index contributed by atoms with van der Waals surface area (Å²) in [4.78, 5) is 21.7. The summed E-state index contributed by atoms with van der Waals surface area (Å²) in [7, 11) is 0. The van der Waals surface area contributed by atoms with Crippen molar-refractivity contribution in [2.45, 2.75) is 19.5 Å². The van der Waals surface area contributed by atoms with Crippen LogP contribution in [0.25, 0.3) is 0 Å². The van der Waals surface area contributed by atoms with Gasteiger partial charge in [0.05, 0.1) is 0 Å². The van der Waals surface area contributed by atoms with E-state index in [0.29, 0.717) is 0 Å². The Hall–Kier alpha value is -1.98. The molecule has 4 nitrogen and oxygen atoms in total. The molecule has 0 radical (unpaired) electrons. The maximum absolute atomic E-state index is 11.8. The van der Waals surface area contributed by atoms with Crippen LogP contribution in [0.2, 0.25) is 0 Å². The number of hydrogen-bond donors (Lipinski definition) is 1. The molecule has 0 saturated carbocycles. The van der Waals surface area contributed by atoms with E-state index < -0.39 is 24.7 Å². The molecule has 0 heterocycles. The number of Topliss-reactive ketones (excluding diaryl/α,β-unsaturated/α-hetero) is 1. The quantitative estimate of drug-likeness (QED) is 0.849. The third kappa shape index (κ3) is 5.38. The lowest BCUT2D eigenvalue weighted by Gasteiger charge is -2.06. The molecule has 0 saturated heterocycles. The predicted molar refractivity (Wildman–Crippen MR) is 60.3 cm³/mol. The summed E-state index contributed by atoms with van der Waals surface area (Å²) in [6.07, 6.45) is -4.13. The number of nitrogens with one attached hydrogen (secondary N) is 1. The summed E-state index contributed by atoms with van der Waals surface area (Å²) in [5.74, 6) is -1.20. The Morgan fingerprint density at radius 3 is 2.50 bits per heavy atom. The van der Waals surface area contributed by atoms with Gasteiger partial charge < -0.3 is 10.1 Å². The van der Waals surface area contributed by atoms with Crippen molar-refractivity contribution in [1.82, 2.24) is 5.32 Å². The van der Waals surface area contributed by atoms with Gasteiger partial charge in [-0.25, -0.2) is 13.6 Å². The molecule has 1 N–H and O–H groups in total. The number of amides is 1. The Morgan fingerprint density at radius 2 is 1.89 bits per heavy atom. The predicted octanol–water partition coefficient (Wildman–Crippen LogP) is 2.14. The lowest BCUT2D eigenvalue weighted by atomic mass is 10.2. The first kappa shape index (κ1) is 14.1. The summed E-state index contributed by atoms with van der Waals surface area (Å²) >= 11 is 0. The average molecular weight is 257 g/mol. The summed E-state index contributed by atoms with van der Waals surface area (Å²) in [6.45, 7) is -0.0632. The van der Waals surface area contributed by atoms with E-state index in [1.165, 1.54) is 0 Å². The molecule has 98 valence electrons. The first-order valence-corrected chi connectivity index (χ1v) is 5.35. The first-order valence-electron chi connectivity index (χ1n) is 5.35. The zero-order chi connectivity index (χ0) is 13.4. The van der Waals surface area contributed by atoms with E-state index in [-0.39, 0.29) is 13.2 Å². The van der Waals surface area contributed by atoms with Gasteiger partial charge in [-0.2, -0.15) is 0 Å². The van der Waals surface area contributed by atoms with E-state index in [1.807, 2.05) is 6.07 Å². The lowest BCUT2D eigenvalue weighted by Crippen LogP contribution is -2.27. The molecule has 1 aromatic carbocycles. The minimum atomic E-state index is -2.99. The molecule has 0 aromatic heterocycles. The molecular weight excluding hydrogens is 244 g/mol. The van der Waals surface area contributed by atoms with Gasteiger partial charge >= 0.3 is 6.09 Å². The van der Waals surface area contributed by atoms with Gasteiger partial charge in [0.2, 0.25) is 5.78 Å². The smallest absolute Gasteiger partial charge is 0.407 e. The molecule has 0 aliphatic rings. The number of ether oxygens (including phenoxy) is 1. The van der Waals surface area contributed by atoms with Crippen LogP contribution < -0.4 is 5.32 Å². The Bertz CT molecular complexity index is 396. The van der Waals surface area contributed by atoms with E-state index in [0.717, 1.165) is 5.56 Å². The Balaban J connectivity index is 2.17. The van der Waals surface area contributed by atoms with Gasteiger partial charge in [-0.3, -0.25) is 4.79 Å². The van der Waals surface area contributed by atoms with Crippen molar-refractivity contribution in [3.05, 3.63) is 35.9 Å². The van der Waals surface area contributed by atoms with Crippen molar-refractivity contribution in [1.29, 1.82) is 0 Å². The molecule has 0 aliphatic heterocycles. The molecule has 1 aromatic rings. The van der Waals surface area contributed by atoms with E-state index in [1.54, 1.807) is 24.3 Å². The van der Waals surface area contributed by atoms with Crippen molar-refractivity contribution in [2.75, 3.05) is 6.54 Å². The van der Waals surface area contributed by atoms with Gasteiger partial charge in [-0.1, -0.05) is 30.3 Å². The maximum Gasteiger partial charge on any atom is 0.407 e. The number of alkyl carbamates (subject to hydrolysis) is 1. The van der Waals surface area contributed by atoms with Crippen LogP contribution in [0.15, 0.2) is 30.3 Å². The number of rotatable bonds is 6. The van der Waals surface area contributed by atoms with E-state index in [4.69, 9.17) is 4.74 Å². The number of carbonyl (C=O) groups excluding carboxylic acids is 2. The minimum absolute atomic E-state index is 0.0927. The van der Waals surface area contributed by atoms with Gasteiger partial charge in [0, 0.05) is 13.0 Å². The summed E-state index contributed by atoms with van der Waals surface area (Å²) < 4.78 is 28.5. The molecule has 1 rings (SSSR count). The lowest BCUT2D eigenvalue weighted by molar-refractivity contribution is -0.129. The standard InChI is InChI=1S/C12H13F2NO3/c13-11(14)10(16)6-7-15-12(17)18-8-9-4-2-1-3-5-9/h1-5,11H,6-8H2,(H,15,17). The second-order valence-electron chi connectivity index (χ2n) is 3.51. The van der Waals surface area contributed by atoms with Crippen molar-refractivity contribution < 1.29 is 23.1 Å². The second-order valence-corrected chi connectivity index (χ2v) is 3.51. The second kappa shape index (κ2) is 7.37.